The number of aliphatic imine (C=N–C) groups is 1. The molecule has 0 N–H and O–H groups in total. The van der Waals surface area contributed by atoms with Crippen molar-refractivity contribution >= 4 is 6.21 Å². The molecule has 0 saturated carbocycles. The van der Waals surface area contributed by atoms with Crippen LogP contribution in [0.5, 0.6) is 0 Å². The van der Waals surface area contributed by atoms with Gasteiger partial charge in [-0.2, -0.15) is 0 Å². The summed E-state index contributed by atoms with van der Waals surface area (Å²) in [6.45, 7) is 0.763. The van der Waals surface area contributed by atoms with Gasteiger partial charge >= 0.3 is 0 Å². The minimum absolute atomic E-state index is 0.763. The number of rotatable bonds is 4. The van der Waals surface area contributed by atoms with Gasteiger partial charge in [0.1, 0.15) is 12.5 Å². The van der Waals surface area contributed by atoms with E-state index in [9.17, 15) is 0 Å². The molecule has 3 nitrogen and oxygen atoms in total. The first-order chi connectivity index (χ1) is 10.4. The lowest BCUT2D eigenvalue weighted by Crippen LogP contribution is -2.17. The Hall–Kier alpha value is -2.81. The number of ether oxygens (including phenoxy) is 1. The molecule has 1 aliphatic heterocycles. The summed E-state index contributed by atoms with van der Waals surface area (Å²) in [7, 11) is 0. The van der Waals surface area contributed by atoms with Gasteiger partial charge in [-0.3, -0.25) is 0 Å². The summed E-state index contributed by atoms with van der Waals surface area (Å²) in [6.07, 6.45) is 7.05. The SMILES string of the molecule is C1=CN(Cc2ccccc2)C(/N=C/c2ccccc2)=CO1. The van der Waals surface area contributed by atoms with Crippen LogP contribution in [0.3, 0.4) is 0 Å². The van der Waals surface area contributed by atoms with E-state index in [1.165, 1.54) is 5.56 Å². The molecular formula is C18H16N2O. The van der Waals surface area contributed by atoms with Crippen molar-refractivity contribution < 1.29 is 4.74 Å². The maximum atomic E-state index is 5.24. The van der Waals surface area contributed by atoms with E-state index in [4.69, 9.17) is 4.74 Å². The third-order valence-corrected chi connectivity index (χ3v) is 3.13. The van der Waals surface area contributed by atoms with Gasteiger partial charge < -0.3 is 9.64 Å². The average molecular weight is 276 g/mol. The molecule has 21 heavy (non-hydrogen) atoms. The molecule has 0 bridgehead atoms. The number of hydrogen-bond acceptors (Lipinski definition) is 3. The molecule has 0 atom stereocenters. The number of hydrogen-bond donors (Lipinski definition) is 0. The van der Waals surface area contributed by atoms with Crippen molar-refractivity contribution in [2.45, 2.75) is 6.54 Å². The minimum Gasteiger partial charge on any atom is -0.467 e. The molecule has 0 aromatic heterocycles. The van der Waals surface area contributed by atoms with Crippen molar-refractivity contribution in [1.82, 2.24) is 4.90 Å². The van der Waals surface area contributed by atoms with E-state index in [1.54, 1.807) is 12.5 Å². The van der Waals surface area contributed by atoms with E-state index in [0.29, 0.717) is 0 Å². The third kappa shape index (κ3) is 3.60. The van der Waals surface area contributed by atoms with E-state index in [-0.39, 0.29) is 0 Å². The maximum absolute atomic E-state index is 5.24. The second kappa shape index (κ2) is 6.57. The molecule has 3 heteroatoms. The van der Waals surface area contributed by atoms with Gasteiger partial charge in [-0.15, -0.1) is 0 Å². The summed E-state index contributed by atoms with van der Waals surface area (Å²) < 4.78 is 5.24. The monoisotopic (exact) mass is 276 g/mol. The number of nitrogens with zero attached hydrogens (tertiary/aromatic N) is 2. The summed E-state index contributed by atoms with van der Waals surface area (Å²) in [6, 6.07) is 20.3. The van der Waals surface area contributed by atoms with Crippen molar-refractivity contribution in [3.8, 4) is 0 Å². The van der Waals surface area contributed by atoms with Crippen LogP contribution in [0, 0.1) is 0 Å². The molecular weight excluding hydrogens is 260 g/mol. The molecule has 0 aliphatic carbocycles. The largest absolute Gasteiger partial charge is 0.467 e. The maximum Gasteiger partial charge on any atom is 0.168 e. The van der Waals surface area contributed by atoms with Gasteiger partial charge in [0.05, 0.1) is 0 Å². The van der Waals surface area contributed by atoms with E-state index in [2.05, 4.69) is 22.0 Å². The lowest BCUT2D eigenvalue weighted by atomic mass is 10.2. The average Bonchev–Trinajstić information content (AvgIpc) is 2.56. The molecule has 0 spiro atoms. The fraction of sp³-hybridized carbons (Fsp3) is 0.0556. The highest BCUT2D eigenvalue weighted by Crippen LogP contribution is 2.16. The molecule has 1 heterocycles. The molecule has 0 unspecified atom stereocenters. The molecule has 0 amide bonds. The minimum atomic E-state index is 0.763. The molecule has 2 aromatic rings. The summed E-state index contributed by atoms with van der Waals surface area (Å²) in [4.78, 5) is 6.57. The molecule has 1 aliphatic rings. The highest BCUT2D eigenvalue weighted by molar-refractivity contribution is 5.80. The standard InChI is InChI=1S/C18H16N2O/c1-3-7-16(8-4-1)13-19-18-15-21-12-11-20(18)14-17-9-5-2-6-10-17/h1-13,15H,14H2/b19-13+. The zero-order valence-electron chi connectivity index (χ0n) is 11.6. The van der Waals surface area contributed by atoms with Crippen LogP contribution in [-0.4, -0.2) is 11.1 Å². The highest BCUT2D eigenvalue weighted by atomic mass is 16.5. The fourth-order valence-corrected chi connectivity index (χ4v) is 2.05. The van der Waals surface area contributed by atoms with Crippen LogP contribution in [0.25, 0.3) is 0 Å². The first kappa shape index (κ1) is 13.2. The first-order valence-electron chi connectivity index (χ1n) is 6.84. The van der Waals surface area contributed by atoms with Gasteiger partial charge in [-0.25, -0.2) is 4.99 Å². The summed E-state index contributed by atoms with van der Waals surface area (Å²) in [5, 5.41) is 0. The highest BCUT2D eigenvalue weighted by Gasteiger charge is 2.10. The molecule has 2 aromatic carbocycles. The summed E-state index contributed by atoms with van der Waals surface area (Å²) in [5.41, 5.74) is 2.29. The van der Waals surface area contributed by atoms with Crippen molar-refractivity contribution in [3.63, 3.8) is 0 Å². The lowest BCUT2D eigenvalue weighted by molar-refractivity contribution is 0.319. The molecule has 0 radical (unpaired) electrons. The first-order valence-corrected chi connectivity index (χ1v) is 6.84. The zero-order valence-corrected chi connectivity index (χ0v) is 11.6. The van der Waals surface area contributed by atoms with Crippen molar-refractivity contribution in [1.29, 1.82) is 0 Å². The normalized spacial score (nSPS) is 14.1. The van der Waals surface area contributed by atoms with Gasteiger partial charge in [-0.1, -0.05) is 60.7 Å². The van der Waals surface area contributed by atoms with Gasteiger partial charge in [0.15, 0.2) is 5.82 Å². The van der Waals surface area contributed by atoms with E-state index in [0.717, 1.165) is 17.9 Å². The summed E-state index contributed by atoms with van der Waals surface area (Å²) in [5.74, 6) is 0.783. The third-order valence-electron chi connectivity index (χ3n) is 3.13. The van der Waals surface area contributed by atoms with Crippen LogP contribution in [-0.2, 0) is 11.3 Å². The van der Waals surface area contributed by atoms with Gasteiger partial charge in [0.25, 0.3) is 0 Å². The lowest BCUT2D eigenvalue weighted by Gasteiger charge is -2.22. The molecule has 3 rings (SSSR count). The van der Waals surface area contributed by atoms with Crippen LogP contribution in [0.2, 0.25) is 0 Å². The van der Waals surface area contributed by atoms with Crippen molar-refractivity contribution in [3.05, 3.63) is 96.3 Å². The Labute approximate surface area is 124 Å². The van der Waals surface area contributed by atoms with Crippen molar-refractivity contribution in [2.24, 2.45) is 4.99 Å². The van der Waals surface area contributed by atoms with E-state index >= 15 is 0 Å². The molecule has 0 saturated heterocycles. The van der Waals surface area contributed by atoms with E-state index < -0.39 is 0 Å². The predicted octanol–water partition coefficient (Wildman–Crippen LogP) is 3.91. The van der Waals surface area contributed by atoms with Gasteiger partial charge in [0, 0.05) is 19.0 Å². The van der Waals surface area contributed by atoms with Crippen molar-refractivity contribution in [2.75, 3.05) is 0 Å². The Morgan fingerprint density at radius 1 is 0.952 bits per heavy atom. The second-order valence-electron chi connectivity index (χ2n) is 4.68. The fourth-order valence-electron chi connectivity index (χ4n) is 2.05. The summed E-state index contributed by atoms with van der Waals surface area (Å²) >= 11 is 0. The topological polar surface area (TPSA) is 24.8 Å². The smallest absolute Gasteiger partial charge is 0.168 e. The Morgan fingerprint density at radius 2 is 1.67 bits per heavy atom. The van der Waals surface area contributed by atoms with E-state index in [1.807, 2.05) is 60.9 Å². The Bertz CT molecular complexity index is 660. The van der Waals surface area contributed by atoms with Crippen LogP contribution >= 0.6 is 0 Å². The molecule has 0 fully saturated rings. The van der Waals surface area contributed by atoms with Gasteiger partial charge in [-0.05, 0) is 11.1 Å². The van der Waals surface area contributed by atoms with Crippen LogP contribution in [0.15, 0.2) is 90.2 Å². The Balaban J connectivity index is 1.74. The van der Waals surface area contributed by atoms with Crippen LogP contribution in [0.1, 0.15) is 11.1 Å². The second-order valence-corrected chi connectivity index (χ2v) is 4.68. The Kier molecular flexibility index (Phi) is 4.12. The van der Waals surface area contributed by atoms with Crippen LogP contribution < -0.4 is 0 Å². The number of benzene rings is 2. The van der Waals surface area contributed by atoms with Gasteiger partial charge in [0.2, 0.25) is 0 Å². The molecule has 104 valence electrons. The predicted molar refractivity (Wildman–Crippen MR) is 84.3 cm³/mol. The Morgan fingerprint density at radius 3 is 2.43 bits per heavy atom. The van der Waals surface area contributed by atoms with Crippen LogP contribution in [0.4, 0.5) is 0 Å². The zero-order chi connectivity index (χ0) is 14.3. The quantitative estimate of drug-likeness (QED) is 0.791.